The summed E-state index contributed by atoms with van der Waals surface area (Å²) in [5.74, 6) is -0.654. The smallest absolute Gasteiger partial charge is 0.177 e. The topological polar surface area (TPSA) is 58.9 Å². The molecule has 5 rings (SSSR count). The first kappa shape index (κ1) is 15.1. The van der Waals surface area contributed by atoms with Gasteiger partial charge in [0.25, 0.3) is 0 Å². The average Bonchev–Trinajstić information content (AvgIpc) is 2.63. The molecular formula is C22H16N2O2. The molecule has 4 heteroatoms. The van der Waals surface area contributed by atoms with Gasteiger partial charge >= 0.3 is 0 Å². The van der Waals surface area contributed by atoms with E-state index in [2.05, 4.69) is 9.98 Å². The van der Waals surface area contributed by atoms with E-state index in [1.165, 1.54) is 0 Å². The minimum atomic E-state index is -0.342. The second-order valence-electron chi connectivity index (χ2n) is 7.13. The molecule has 0 saturated heterocycles. The van der Waals surface area contributed by atoms with Gasteiger partial charge in [-0.2, -0.15) is 0 Å². The maximum atomic E-state index is 13.0. The lowest BCUT2D eigenvalue weighted by Crippen LogP contribution is -2.28. The van der Waals surface area contributed by atoms with Gasteiger partial charge in [-0.15, -0.1) is 0 Å². The summed E-state index contributed by atoms with van der Waals surface area (Å²) in [6.45, 7) is 3.94. The summed E-state index contributed by atoms with van der Waals surface area (Å²) in [6.07, 6.45) is 11.6. The maximum Gasteiger partial charge on any atom is 0.177 e. The van der Waals surface area contributed by atoms with Gasteiger partial charge < -0.3 is 0 Å². The predicted octanol–water partition coefficient (Wildman–Crippen LogP) is 4.49. The Labute approximate surface area is 151 Å². The summed E-state index contributed by atoms with van der Waals surface area (Å²) in [4.78, 5) is 35.2. The highest BCUT2D eigenvalue weighted by atomic mass is 16.1. The van der Waals surface area contributed by atoms with Crippen LogP contribution in [0, 0.1) is 11.8 Å². The molecule has 4 aliphatic rings. The minimum Gasteiger partial charge on any atom is -0.293 e. The molecule has 0 amide bonds. The predicted molar refractivity (Wildman–Crippen MR) is 102 cm³/mol. The lowest BCUT2D eigenvalue weighted by molar-refractivity contribution is 0.0959. The van der Waals surface area contributed by atoms with Crippen molar-refractivity contribution >= 4 is 34.4 Å². The molecule has 1 aromatic carbocycles. The fraction of sp³-hybridized carbons (Fsp3) is 0.182. The van der Waals surface area contributed by atoms with Crippen molar-refractivity contribution in [1.82, 2.24) is 0 Å². The van der Waals surface area contributed by atoms with Crippen LogP contribution < -0.4 is 0 Å². The molecule has 2 heterocycles. The van der Waals surface area contributed by atoms with E-state index in [-0.39, 0.29) is 23.4 Å². The third kappa shape index (κ3) is 2.08. The van der Waals surface area contributed by atoms with Crippen LogP contribution in [0.15, 0.2) is 69.7 Å². The van der Waals surface area contributed by atoms with Gasteiger partial charge in [0.15, 0.2) is 11.6 Å². The van der Waals surface area contributed by atoms with Crippen molar-refractivity contribution in [1.29, 1.82) is 0 Å². The van der Waals surface area contributed by atoms with Crippen LogP contribution in [0.25, 0.3) is 0 Å². The highest BCUT2D eigenvalue weighted by Gasteiger charge is 2.35. The number of hydrogen-bond acceptors (Lipinski definition) is 4. The van der Waals surface area contributed by atoms with Crippen LogP contribution in [0.5, 0.6) is 0 Å². The zero-order valence-electron chi connectivity index (χ0n) is 14.5. The Morgan fingerprint density at radius 3 is 1.54 bits per heavy atom. The van der Waals surface area contributed by atoms with Crippen LogP contribution in [0.3, 0.4) is 0 Å². The van der Waals surface area contributed by atoms with E-state index in [1.54, 1.807) is 12.1 Å². The fourth-order valence-electron chi connectivity index (χ4n) is 3.85. The first-order valence-corrected chi connectivity index (χ1v) is 8.68. The standard InChI is InChI=1S/C22H16N2O2/c1-11-3-5-17-13(7-11)21(25)15-9-20-16(10-19(15)23-17)22(26)14-8-12(2)4-6-18(14)24-20/h3-10,13-14H,1-2H3. The van der Waals surface area contributed by atoms with Crippen LogP contribution in [-0.2, 0) is 0 Å². The summed E-state index contributed by atoms with van der Waals surface area (Å²) < 4.78 is 0. The van der Waals surface area contributed by atoms with Gasteiger partial charge in [-0.05, 0) is 38.1 Å². The Bertz CT molecular complexity index is 1010. The third-order valence-corrected chi connectivity index (χ3v) is 5.24. The van der Waals surface area contributed by atoms with Crippen molar-refractivity contribution in [2.45, 2.75) is 13.8 Å². The SMILES string of the molecule is CC1=CC2C(=O)c3cc4c(cc3N=C2C=C1)C(=O)C1C=C(C)C=CC1=N4. The van der Waals surface area contributed by atoms with E-state index in [9.17, 15) is 9.59 Å². The number of rotatable bonds is 0. The molecule has 2 unspecified atom stereocenters. The zero-order chi connectivity index (χ0) is 18.0. The minimum absolute atomic E-state index is 0.0150. The van der Waals surface area contributed by atoms with E-state index < -0.39 is 0 Å². The first-order chi connectivity index (χ1) is 12.5. The van der Waals surface area contributed by atoms with Gasteiger partial charge in [-0.3, -0.25) is 19.6 Å². The van der Waals surface area contributed by atoms with Crippen molar-refractivity contribution in [3.63, 3.8) is 0 Å². The van der Waals surface area contributed by atoms with Gasteiger partial charge in [0.1, 0.15) is 0 Å². The molecule has 0 spiro atoms. The number of Topliss-reactive ketones (excluding diaryl/α,β-unsaturated/α-hetero) is 2. The average molecular weight is 340 g/mol. The van der Waals surface area contributed by atoms with Crippen molar-refractivity contribution in [2.75, 3.05) is 0 Å². The number of fused-ring (bicyclic) bond motifs is 4. The molecule has 0 saturated carbocycles. The van der Waals surface area contributed by atoms with Crippen LogP contribution >= 0.6 is 0 Å². The van der Waals surface area contributed by atoms with E-state index in [0.29, 0.717) is 22.5 Å². The Morgan fingerprint density at radius 2 is 1.12 bits per heavy atom. The number of aliphatic imine (C=N–C) groups is 2. The van der Waals surface area contributed by atoms with Gasteiger partial charge in [0, 0.05) is 11.1 Å². The zero-order valence-corrected chi connectivity index (χ0v) is 14.5. The summed E-state index contributed by atoms with van der Waals surface area (Å²) in [5, 5.41) is 0. The normalized spacial score (nSPS) is 25.3. The fourth-order valence-corrected chi connectivity index (χ4v) is 3.85. The molecule has 126 valence electrons. The number of benzene rings is 1. The summed E-state index contributed by atoms with van der Waals surface area (Å²) >= 11 is 0. The van der Waals surface area contributed by atoms with E-state index in [0.717, 1.165) is 22.6 Å². The first-order valence-electron chi connectivity index (χ1n) is 8.68. The molecular weight excluding hydrogens is 324 g/mol. The van der Waals surface area contributed by atoms with Gasteiger partial charge in [0.05, 0.1) is 34.6 Å². The van der Waals surface area contributed by atoms with Crippen molar-refractivity contribution in [3.05, 3.63) is 70.9 Å². The molecule has 4 nitrogen and oxygen atoms in total. The number of hydrogen-bond donors (Lipinski definition) is 0. The number of allylic oxidation sites excluding steroid dienone is 8. The molecule has 2 aliphatic carbocycles. The second kappa shape index (κ2) is 5.18. The van der Waals surface area contributed by atoms with Crippen LogP contribution in [0.1, 0.15) is 34.6 Å². The molecule has 26 heavy (non-hydrogen) atoms. The lowest BCUT2D eigenvalue weighted by Gasteiger charge is -2.26. The molecule has 0 fully saturated rings. The summed E-state index contributed by atoms with van der Waals surface area (Å²) in [7, 11) is 0. The maximum absolute atomic E-state index is 13.0. The molecule has 0 bridgehead atoms. The van der Waals surface area contributed by atoms with E-state index >= 15 is 0 Å². The molecule has 0 aromatic heterocycles. The second-order valence-corrected chi connectivity index (χ2v) is 7.13. The largest absolute Gasteiger partial charge is 0.293 e. The Balaban J connectivity index is 1.69. The highest BCUT2D eigenvalue weighted by Crippen LogP contribution is 2.40. The van der Waals surface area contributed by atoms with Crippen molar-refractivity contribution < 1.29 is 9.59 Å². The van der Waals surface area contributed by atoms with Crippen molar-refractivity contribution in [3.8, 4) is 0 Å². The van der Waals surface area contributed by atoms with Crippen LogP contribution in [0.2, 0.25) is 0 Å². The highest BCUT2D eigenvalue weighted by molar-refractivity contribution is 6.26. The quantitative estimate of drug-likeness (QED) is 0.699. The molecule has 2 aliphatic heterocycles. The van der Waals surface area contributed by atoms with Crippen molar-refractivity contribution in [2.24, 2.45) is 21.8 Å². The number of ketones is 2. The van der Waals surface area contributed by atoms with Crippen LogP contribution in [-0.4, -0.2) is 23.0 Å². The number of carbonyl (C=O) groups is 2. The molecule has 2 atom stereocenters. The Hall–Kier alpha value is -3.14. The van der Waals surface area contributed by atoms with E-state index in [1.807, 2.05) is 50.3 Å². The van der Waals surface area contributed by atoms with Gasteiger partial charge in [-0.25, -0.2) is 0 Å². The Kier molecular flexibility index (Phi) is 3.02. The molecule has 0 radical (unpaired) electrons. The van der Waals surface area contributed by atoms with Gasteiger partial charge in [-0.1, -0.05) is 35.5 Å². The molecule has 0 N–H and O–H groups in total. The summed E-state index contributed by atoms with van der Waals surface area (Å²) in [5.41, 5.74) is 5.79. The lowest BCUT2D eigenvalue weighted by atomic mass is 9.81. The molecule has 1 aromatic rings. The monoisotopic (exact) mass is 340 g/mol. The number of nitrogens with zero attached hydrogens (tertiary/aromatic N) is 2. The Morgan fingerprint density at radius 1 is 0.692 bits per heavy atom. The number of carbonyl (C=O) groups excluding carboxylic acids is 2. The van der Waals surface area contributed by atoms with Crippen LogP contribution in [0.4, 0.5) is 11.4 Å². The van der Waals surface area contributed by atoms with E-state index in [4.69, 9.17) is 0 Å². The third-order valence-electron chi connectivity index (χ3n) is 5.24. The van der Waals surface area contributed by atoms with Gasteiger partial charge in [0.2, 0.25) is 0 Å². The summed E-state index contributed by atoms with van der Waals surface area (Å²) in [6, 6.07) is 3.46.